The van der Waals surface area contributed by atoms with Crippen molar-refractivity contribution in [2.24, 2.45) is 0 Å². The first-order valence-corrected chi connectivity index (χ1v) is 8.86. The second kappa shape index (κ2) is 7.31. The molecule has 1 amide bonds. The SMILES string of the molecule is CSCCC(C(=O)Nc1ccc2nn[nH]c(=O)c2c1)n1cccc1. The number of nitrogens with one attached hydrogen (secondary N) is 2. The van der Waals surface area contributed by atoms with Gasteiger partial charge >= 0.3 is 0 Å². The molecule has 8 heteroatoms. The third-order valence-electron chi connectivity index (χ3n) is 3.70. The number of anilines is 1. The molecule has 0 aliphatic heterocycles. The van der Waals surface area contributed by atoms with Crippen molar-refractivity contribution in [2.45, 2.75) is 12.5 Å². The molecular formula is C16H17N5O2S. The average molecular weight is 343 g/mol. The van der Waals surface area contributed by atoms with E-state index in [2.05, 4.69) is 20.7 Å². The zero-order chi connectivity index (χ0) is 16.9. The maximum atomic E-state index is 12.7. The number of hydrogen-bond donors (Lipinski definition) is 2. The maximum Gasteiger partial charge on any atom is 0.275 e. The molecule has 2 heterocycles. The van der Waals surface area contributed by atoms with E-state index >= 15 is 0 Å². The zero-order valence-electron chi connectivity index (χ0n) is 13.1. The summed E-state index contributed by atoms with van der Waals surface area (Å²) in [6, 6.07) is 8.50. The maximum absolute atomic E-state index is 12.7. The summed E-state index contributed by atoms with van der Waals surface area (Å²) in [4.78, 5) is 24.5. The van der Waals surface area contributed by atoms with E-state index in [0.29, 0.717) is 16.6 Å². The number of amides is 1. The van der Waals surface area contributed by atoms with Gasteiger partial charge in [0.2, 0.25) is 5.91 Å². The molecule has 7 nitrogen and oxygen atoms in total. The number of aromatic nitrogens is 4. The molecule has 3 rings (SSSR count). The van der Waals surface area contributed by atoms with Gasteiger partial charge in [-0.25, -0.2) is 5.10 Å². The molecule has 2 N–H and O–H groups in total. The Morgan fingerprint density at radius 3 is 2.92 bits per heavy atom. The number of carbonyl (C=O) groups excluding carboxylic acids is 1. The van der Waals surface area contributed by atoms with Crippen molar-refractivity contribution in [1.82, 2.24) is 20.0 Å². The van der Waals surface area contributed by atoms with E-state index < -0.39 is 0 Å². The van der Waals surface area contributed by atoms with Crippen molar-refractivity contribution in [3.05, 3.63) is 53.1 Å². The number of benzene rings is 1. The Hall–Kier alpha value is -2.61. The lowest BCUT2D eigenvalue weighted by Crippen LogP contribution is -2.26. The van der Waals surface area contributed by atoms with Gasteiger partial charge in [0.15, 0.2) is 0 Å². The minimum Gasteiger partial charge on any atom is -0.342 e. The van der Waals surface area contributed by atoms with E-state index in [4.69, 9.17) is 0 Å². The normalized spacial score (nSPS) is 12.2. The van der Waals surface area contributed by atoms with Gasteiger partial charge in [0, 0.05) is 18.1 Å². The quantitative estimate of drug-likeness (QED) is 0.714. The van der Waals surface area contributed by atoms with E-state index in [-0.39, 0.29) is 17.5 Å². The Balaban J connectivity index is 1.84. The molecule has 0 saturated heterocycles. The number of H-pyrrole nitrogens is 1. The van der Waals surface area contributed by atoms with Crippen molar-refractivity contribution in [3.8, 4) is 0 Å². The molecule has 3 aromatic rings. The molecule has 0 bridgehead atoms. The minimum absolute atomic E-state index is 0.113. The molecule has 1 aromatic carbocycles. The average Bonchev–Trinajstić information content (AvgIpc) is 3.10. The number of hydrogen-bond acceptors (Lipinski definition) is 5. The monoisotopic (exact) mass is 343 g/mol. The predicted octanol–water partition coefficient (Wildman–Crippen LogP) is 2.05. The van der Waals surface area contributed by atoms with E-state index in [1.54, 1.807) is 30.0 Å². The molecule has 2 aromatic heterocycles. The van der Waals surface area contributed by atoms with Crippen molar-refractivity contribution in [1.29, 1.82) is 0 Å². The summed E-state index contributed by atoms with van der Waals surface area (Å²) in [5.41, 5.74) is 0.717. The molecule has 0 fully saturated rings. The summed E-state index contributed by atoms with van der Waals surface area (Å²) >= 11 is 1.70. The third kappa shape index (κ3) is 3.48. The van der Waals surface area contributed by atoms with Gasteiger partial charge in [0.1, 0.15) is 11.6 Å². The Morgan fingerprint density at radius 1 is 1.38 bits per heavy atom. The number of fused-ring (bicyclic) bond motifs is 1. The van der Waals surface area contributed by atoms with E-state index in [0.717, 1.165) is 12.2 Å². The van der Waals surface area contributed by atoms with Gasteiger partial charge in [-0.1, -0.05) is 5.21 Å². The Kier molecular flexibility index (Phi) is 4.95. The number of nitrogens with zero attached hydrogens (tertiary/aromatic N) is 3. The lowest BCUT2D eigenvalue weighted by Gasteiger charge is -2.18. The van der Waals surface area contributed by atoms with Gasteiger partial charge in [-0.2, -0.15) is 11.8 Å². The molecule has 24 heavy (non-hydrogen) atoms. The van der Waals surface area contributed by atoms with Crippen LogP contribution < -0.4 is 10.9 Å². The van der Waals surface area contributed by atoms with Gasteiger partial charge in [0.05, 0.1) is 5.39 Å². The topological polar surface area (TPSA) is 92.7 Å². The summed E-state index contributed by atoms with van der Waals surface area (Å²) in [5.74, 6) is 0.765. The van der Waals surface area contributed by atoms with Crippen molar-refractivity contribution < 1.29 is 4.79 Å². The van der Waals surface area contributed by atoms with Crippen LogP contribution >= 0.6 is 11.8 Å². The van der Waals surface area contributed by atoms with E-state index in [1.807, 2.05) is 35.3 Å². The molecule has 0 spiro atoms. The van der Waals surface area contributed by atoms with Crippen molar-refractivity contribution in [2.75, 3.05) is 17.3 Å². The van der Waals surface area contributed by atoms with Crippen LogP contribution in [0.4, 0.5) is 5.69 Å². The van der Waals surface area contributed by atoms with Crippen LogP contribution in [0, 0.1) is 0 Å². The van der Waals surface area contributed by atoms with Crippen LogP contribution in [-0.4, -0.2) is 37.9 Å². The molecule has 1 unspecified atom stereocenters. The number of aromatic amines is 1. The van der Waals surface area contributed by atoms with Gasteiger partial charge in [-0.05, 0) is 48.8 Å². The fourth-order valence-corrected chi connectivity index (χ4v) is 2.95. The van der Waals surface area contributed by atoms with Crippen LogP contribution in [0.15, 0.2) is 47.5 Å². The minimum atomic E-state index is -0.333. The lowest BCUT2D eigenvalue weighted by atomic mass is 10.2. The van der Waals surface area contributed by atoms with Crippen LogP contribution in [0.2, 0.25) is 0 Å². The Morgan fingerprint density at radius 2 is 2.17 bits per heavy atom. The summed E-state index contributed by atoms with van der Waals surface area (Å²) in [6.07, 6.45) is 6.50. The summed E-state index contributed by atoms with van der Waals surface area (Å²) in [7, 11) is 0. The molecule has 0 aliphatic carbocycles. The summed E-state index contributed by atoms with van der Waals surface area (Å²) in [6.45, 7) is 0. The fraction of sp³-hybridized carbons (Fsp3) is 0.250. The molecule has 0 saturated carbocycles. The molecule has 1 atom stereocenters. The van der Waals surface area contributed by atoms with Crippen LogP contribution in [0.5, 0.6) is 0 Å². The summed E-state index contributed by atoms with van der Waals surface area (Å²) in [5, 5.41) is 12.9. The first-order valence-electron chi connectivity index (χ1n) is 7.46. The van der Waals surface area contributed by atoms with Gasteiger partial charge in [0.25, 0.3) is 5.56 Å². The third-order valence-corrected chi connectivity index (χ3v) is 4.35. The Bertz CT molecular complexity index is 891. The second-order valence-electron chi connectivity index (χ2n) is 5.29. The van der Waals surface area contributed by atoms with Crippen molar-refractivity contribution in [3.63, 3.8) is 0 Å². The zero-order valence-corrected chi connectivity index (χ0v) is 13.9. The Labute approximate surface area is 142 Å². The predicted molar refractivity (Wildman–Crippen MR) is 95.3 cm³/mol. The highest BCUT2D eigenvalue weighted by molar-refractivity contribution is 7.98. The van der Waals surface area contributed by atoms with E-state index in [9.17, 15) is 9.59 Å². The molecule has 0 aliphatic rings. The van der Waals surface area contributed by atoms with Crippen LogP contribution in [0.3, 0.4) is 0 Å². The highest BCUT2D eigenvalue weighted by atomic mass is 32.2. The van der Waals surface area contributed by atoms with Crippen LogP contribution in [0.1, 0.15) is 12.5 Å². The standard InChI is InChI=1S/C16H17N5O2S/c1-24-9-6-14(21-7-2-3-8-21)16(23)17-11-4-5-13-12(10-11)15(22)19-20-18-13/h2-5,7-8,10,14H,6,9H2,1H3,(H,17,23)(H,18,19,22). The van der Waals surface area contributed by atoms with E-state index in [1.165, 1.54) is 0 Å². The molecular weight excluding hydrogens is 326 g/mol. The van der Waals surface area contributed by atoms with Gasteiger partial charge in [-0.3, -0.25) is 9.59 Å². The number of rotatable bonds is 6. The van der Waals surface area contributed by atoms with Crippen LogP contribution in [-0.2, 0) is 4.79 Å². The number of thioether (sulfide) groups is 1. The first-order chi connectivity index (χ1) is 11.7. The second-order valence-corrected chi connectivity index (χ2v) is 6.28. The largest absolute Gasteiger partial charge is 0.342 e. The van der Waals surface area contributed by atoms with Gasteiger partial charge in [-0.15, -0.1) is 5.10 Å². The van der Waals surface area contributed by atoms with Crippen molar-refractivity contribution >= 4 is 34.3 Å². The first kappa shape index (κ1) is 16.3. The highest BCUT2D eigenvalue weighted by Crippen LogP contribution is 2.19. The highest BCUT2D eigenvalue weighted by Gasteiger charge is 2.19. The summed E-state index contributed by atoms with van der Waals surface area (Å²) < 4.78 is 1.89. The lowest BCUT2D eigenvalue weighted by molar-refractivity contribution is -0.119. The van der Waals surface area contributed by atoms with Gasteiger partial charge < -0.3 is 9.88 Å². The smallest absolute Gasteiger partial charge is 0.275 e. The van der Waals surface area contributed by atoms with Crippen LogP contribution in [0.25, 0.3) is 10.9 Å². The number of carbonyl (C=O) groups is 1. The molecule has 0 radical (unpaired) electrons. The fourth-order valence-electron chi connectivity index (χ4n) is 2.49. The molecule has 124 valence electrons.